The van der Waals surface area contributed by atoms with Gasteiger partial charge in [0.1, 0.15) is 5.69 Å². The zero-order chi connectivity index (χ0) is 24.8. The van der Waals surface area contributed by atoms with E-state index in [1.165, 1.54) is 11.3 Å². The second-order valence-corrected chi connectivity index (χ2v) is 10.4. The molecule has 10 heteroatoms. The maximum Gasteiger partial charge on any atom is 0.275 e. The van der Waals surface area contributed by atoms with Gasteiger partial charge in [-0.25, -0.2) is 4.98 Å². The molecule has 2 amide bonds. The number of thiazole rings is 1. The smallest absolute Gasteiger partial charge is 0.275 e. The van der Waals surface area contributed by atoms with Crippen LogP contribution in [-0.2, 0) is 16.0 Å². The molecule has 1 aromatic heterocycles. The summed E-state index contributed by atoms with van der Waals surface area (Å²) in [5, 5.41) is 8.43. The van der Waals surface area contributed by atoms with Gasteiger partial charge in [0.05, 0.1) is 31.1 Å². The summed E-state index contributed by atoms with van der Waals surface area (Å²) in [4.78, 5) is 35.1. The molecule has 2 saturated heterocycles. The number of benzene rings is 1. The fraction of sp³-hybridized carbons (Fsp3) is 0.560. The molecular weight excluding hydrogens is 466 g/mol. The average Bonchev–Trinajstić information content (AvgIpc) is 3.53. The van der Waals surface area contributed by atoms with Gasteiger partial charge in [0.2, 0.25) is 0 Å². The van der Waals surface area contributed by atoms with E-state index in [1.807, 2.05) is 12.1 Å². The van der Waals surface area contributed by atoms with Crippen LogP contribution in [0.15, 0.2) is 23.6 Å². The molecule has 2 aliphatic heterocycles. The lowest BCUT2D eigenvalue weighted by Crippen LogP contribution is -2.52. The van der Waals surface area contributed by atoms with Crippen molar-refractivity contribution in [1.82, 2.24) is 15.2 Å². The highest BCUT2D eigenvalue weighted by Crippen LogP contribution is 2.27. The number of anilines is 2. The van der Waals surface area contributed by atoms with Gasteiger partial charge < -0.3 is 25.0 Å². The van der Waals surface area contributed by atoms with Gasteiger partial charge in [-0.05, 0) is 44.4 Å². The first-order valence-corrected chi connectivity index (χ1v) is 13.0. The Morgan fingerprint density at radius 2 is 2.00 bits per heavy atom. The van der Waals surface area contributed by atoms with Crippen molar-refractivity contribution in [3.05, 3.63) is 40.4 Å². The molecule has 3 heterocycles. The summed E-state index contributed by atoms with van der Waals surface area (Å²) in [6.45, 7) is 9.92. The van der Waals surface area contributed by atoms with Crippen LogP contribution in [0.3, 0.4) is 0 Å². The van der Waals surface area contributed by atoms with Crippen LogP contribution < -0.4 is 15.5 Å². The number of hydrogen-bond donors (Lipinski definition) is 2. The van der Waals surface area contributed by atoms with Crippen LogP contribution in [-0.4, -0.2) is 80.3 Å². The number of rotatable bonds is 9. The number of amides is 2. The first-order chi connectivity index (χ1) is 16.9. The molecule has 35 heavy (non-hydrogen) atoms. The Morgan fingerprint density at radius 3 is 2.74 bits per heavy atom. The lowest BCUT2D eigenvalue weighted by atomic mass is 10.00. The monoisotopic (exact) mass is 501 g/mol. The zero-order valence-corrected chi connectivity index (χ0v) is 21.6. The summed E-state index contributed by atoms with van der Waals surface area (Å²) in [5.41, 5.74) is 2.16. The molecule has 0 spiro atoms. The van der Waals surface area contributed by atoms with Crippen molar-refractivity contribution in [2.75, 3.05) is 63.3 Å². The van der Waals surface area contributed by atoms with E-state index in [0.717, 1.165) is 43.2 Å². The van der Waals surface area contributed by atoms with Gasteiger partial charge in [0.25, 0.3) is 11.8 Å². The number of morpholine rings is 1. The average molecular weight is 502 g/mol. The molecule has 9 nitrogen and oxygen atoms in total. The number of aromatic nitrogens is 1. The van der Waals surface area contributed by atoms with E-state index in [4.69, 9.17) is 9.47 Å². The summed E-state index contributed by atoms with van der Waals surface area (Å²) in [7, 11) is 1.59. The second-order valence-electron chi connectivity index (χ2n) is 9.58. The van der Waals surface area contributed by atoms with Crippen LogP contribution in [0.4, 0.5) is 10.8 Å². The first kappa shape index (κ1) is 25.6. The van der Waals surface area contributed by atoms with Crippen molar-refractivity contribution in [3.63, 3.8) is 0 Å². The molecule has 0 radical (unpaired) electrons. The van der Waals surface area contributed by atoms with Crippen molar-refractivity contribution in [2.24, 2.45) is 0 Å². The molecule has 4 rings (SSSR count). The molecule has 0 atom stereocenters. The molecule has 2 N–H and O–H groups in total. The molecule has 2 aliphatic rings. The van der Waals surface area contributed by atoms with Crippen molar-refractivity contribution >= 4 is 34.0 Å². The van der Waals surface area contributed by atoms with E-state index in [1.54, 1.807) is 18.6 Å². The van der Waals surface area contributed by atoms with Crippen LogP contribution in [0.1, 0.15) is 53.1 Å². The number of methoxy groups -OCH3 is 1. The van der Waals surface area contributed by atoms with E-state index in [9.17, 15) is 9.59 Å². The lowest BCUT2D eigenvalue weighted by Gasteiger charge is -2.42. The van der Waals surface area contributed by atoms with Crippen molar-refractivity contribution in [3.8, 4) is 0 Å². The minimum atomic E-state index is -0.320. The van der Waals surface area contributed by atoms with Gasteiger partial charge in [0.15, 0.2) is 5.13 Å². The molecule has 0 bridgehead atoms. The van der Waals surface area contributed by atoms with Crippen molar-refractivity contribution < 1.29 is 19.1 Å². The van der Waals surface area contributed by atoms with Crippen LogP contribution >= 0.6 is 11.3 Å². The van der Waals surface area contributed by atoms with Gasteiger partial charge in [-0.2, -0.15) is 0 Å². The van der Waals surface area contributed by atoms with E-state index in [-0.39, 0.29) is 17.4 Å². The number of nitrogens with one attached hydrogen (secondary N) is 2. The molecule has 0 saturated carbocycles. The van der Waals surface area contributed by atoms with E-state index < -0.39 is 0 Å². The minimum Gasteiger partial charge on any atom is -0.383 e. The largest absolute Gasteiger partial charge is 0.383 e. The van der Waals surface area contributed by atoms with Crippen LogP contribution in [0.2, 0.25) is 0 Å². The lowest BCUT2D eigenvalue weighted by molar-refractivity contribution is -0.0552. The Bertz CT molecular complexity index is 1030. The summed E-state index contributed by atoms with van der Waals surface area (Å²) >= 11 is 1.48. The number of nitrogens with zero attached hydrogens (tertiary/aromatic N) is 3. The Labute approximate surface area is 210 Å². The maximum absolute atomic E-state index is 13.0. The number of hydrogen-bond acceptors (Lipinski definition) is 8. The minimum absolute atomic E-state index is 0.0936. The maximum atomic E-state index is 13.0. The van der Waals surface area contributed by atoms with Gasteiger partial charge in [-0.1, -0.05) is 6.07 Å². The number of carbonyl (C=O) groups is 2. The third kappa shape index (κ3) is 6.38. The van der Waals surface area contributed by atoms with Gasteiger partial charge >= 0.3 is 0 Å². The standard InChI is InChI=1S/C25H35N5O4S/c1-25(2)17-34-13-11-30(25)15-18-6-7-20(19(14-18)22(31)26-8-12-33-3)27-23(32)21-16-35-24(28-21)29-9-4-5-10-29/h6-7,14,16H,4-5,8-13,15,17H2,1-3H3,(H,26,31)(H,27,32). The highest BCUT2D eigenvalue weighted by Gasteiger charge is 2.30. The Balaban J connectivity index is 1.52. The van der Waals surface area contributed by atoms with Crippen molar-refractivity contribution in [2.45, 2.75) is 38.8 Å². The topological polar surface area (TPSA) is 96.0 Å². The van der Waals surface area contributed by atoms with Gasteiger partial charge in [-0.3, -0.25) is 14.5 Å². The second kappa shape index (κ2) is 11.5. The van der Waals surface area contributed by atoms with Gasteiger partial charge in [-0.15, -0.1) is 11.3 Å². The van der Waals surface area contributed by atoms with Crippen molar-refractivity contribution in [1.29, 1.82) is 0 Å². The normalized spacial score (nSPS) is 18.0. The van der Waals surface area contributed by atoms with Crippen LogP contribution in [0.5, 0.6) is 0 Å². The van der Waals surface area contributed by atoms with E-state index >= 15 is 0 Å². The third-order valence-corrected chi connectivity index (χ3v) is 7.36. The molecule has 0 unspecified atom stereocenters. The molecule has 2 aromatic rings. The summed E-state index contributed by atoms with van der Waals surface area (Å²) < 4.78 is 10.7. The van der Waals surface area contributed by atoms with Crippen LogP contribution in [0, 0.1) is 0 Å². The molecule has 0 aliphatic carbocycles. The molecular formula is C25H35N5O4S. The van der Waals surface area contributed by atoms with E-state index in [2.05, 4.69) is 39.3 Å². The van der Waals surface area contributed by atoms with E-state index in [0.29, 0.717) is 49.9 Å². The predicted molar refractivity (Wildman–Crippen MR) is 137 cm³/mol. The van der Waals surface area contributed by atoms with Gasteiger partial charge in [0, 0.05) is 50.8 Å². The van der Waals surface area contributed by atoms with Crippen LogP contribution in [0.25, 0.3) is 0 Å². The number of ether oxygens (including phenoxy) is 2. The predicted octanol–water partition coefficient (Wildman–Crippen LogP) is 2.98. The SMILES string of the molecule is COCCNC(=O)c1cc(CN2CCOCC2(C)C)ccc1NC(=O)c1csc(N2CCCC2)n1. The third-order valence-electron chi connectivity index (χ3n) is 6.46. The number of carbonyl (C=O) groups excluding carboxylic acids is 2. The fourth-order valence-electron chi connectivity index (χ4n) is 4.36. The highest BCUT2D eigenvalue weighted by molar-refractivity contribution is 7.14. The fourth-order valence-corrected chi connectivity index (χ4v) is 5.22. The first-order valence-electron chi connectivity index (χ1n) is 12.1. The molecule has 190 valence electrons. The molecule has 2 fully saturated rings. The molecule has 1 aromatic carbocycles. The highest BCUT2D eigenvalue weighted by atomic mass is 32.1. The quantitative estimate of drug-likeness (QED) is 0.510. The summed E-state index contributed by atoms with van der Waals surface area (Å²) in [6.07, 6.45) is 2.30. The Hall–Kier alpha value is -2.53. The summed E-state index contributed by atoms with van der Waals surface area (Å²) in [5.74, 6) is -0.573. The Morgan fingerprint density at radius 1 is 1.20 bits per heavy atom. The Kier molecular flexibility index (Phi) is 8.38. The zero-order valence-electron chi connectivity index (χ0n) is 20.8. The summed E-state index contributed by atoms with van der Waals surface area (Å²) in [6, 6.07) is 5.63.